The molecule has 0 aromatic carbocycles. The zero-order chi connectivity index (χ0) is 17.0. The molecule has 25 heavy (non-hydrogen) atoms. The van der Waals surface area contributed by atoms with E-state index in [4.69, 9.17) is 0 Å². The molecule has 1 aromatic heterocycles. The van der Waals surface area contributed by atoms with Crippen molar-refractivity contribution in [3.63, 3.8) is 0 Å². The van der Waals surface area contributed by atoms with E-state index in [1.54, 1.807) is 11.3 Å². The van der Waals surface area contributed by atoms with Crippen LogP contribution in [-0.4, -0.2) is 29.7 Å². The standard InChI is InChI=1S/C21H27NO2S/c23-19(18-2-1-7-25-18)17-3-5-22(6-4-17)20(24)21-11-14-8-15(12-21)10-16(9-14)13-21/h1-2,7,14-17H,3-6,8-13H2. The molecule has 0 N–H and O–H groups in total. The molecule has 0 unspecified atom stereocenters. The molecule has 1 saturated heterocycles. The predicted molar refractivity (Wildman–Crippen MR) is 98.6 cm³/mol. The third-order valence-electron chi connectivity index (χ3n) is 7.41. The summed E-state index contributed by atoms with van der Waals surface area (Å²) < 4.78 is 0. The summed E-state index contributed by atoms with van der Waals surface area (Å²) in [6, 6.07) is 3.88. The van der Waals surface area contributed by atoms with Crippen LogP contribution < -0.4 is 0 Å². The molecule has 4 bridgehead atoms. The summed E-state index contributed by atoms with van der Waals surface area (Å²) in [4.78, 5) is 29.0. The van der Waals surface area contributed by atoms with Gasteiger partial charge >= 0.3 is 0 Å². The van der Waals surface area contributed by atoms with Crippen LogP contribution in [0, 0.1) is 29.1 Å². The van der Waals surface area contributed by atoms with Crippen molar-refractivity contribution in [2.75, 3.05) is 13.1 Å². The van der Waals surface area contributed by atoms with Crippen LogP contribution >= 0.6 is 11.3 Å². The molecule has 6 rings (SSSR count). The van der Waals surface area contributed by atoms with Crippen LogP contribution in [0.15, 0.2) is 17.5 Å². The lowest BCUT2D eigenvalue weighted by Crippen LogP contribution is -2.55. The molecule has 0 spiro atoms. The number of Topliss-reactive ketones (excluding diaryl/α,β-unsaturated/α-hetero) is 1. The number of nitrogens with zero attached hydrogens (tertiary/aromatic N) is 1. The van der Waals surface area contributed by atoms with E-state index in [1.807, 2.05) is 17.5 Å². The van der Waals surface area contributed by atoms with Crippen molar-refractivity contribution in [2.45, 2.75) is 51.4 Å². The van der Waals surface area contributed by atoms with E-state index in [0.29, 0.717) is 5.91 Å². The van der Waals surface area contributed by atoms with E-state index >= 15 is 0 Å². The van der Waals surface area contributed by atoms with Gasteiger partial charge in [-0.05, 0) is 80.6 Å². The minimum atomic E-state index is -0.0284. The molecule has 1 amide bonds. The molecule has 0 atom stereocenters. The molecule has 1 aliphatic heterocycles. The van der Waals surface area contributed by atoms with Crippen molar-refractivity contribution in [3.05, 3.63) is 22.4 Å². The molecule has 2 heterocycles. The van der Waals surface area contributed by atoms with Gasteiger partial charge in [-0.25, -0.2) is 0 Å². The Kier molecular flexibility index (Phi) is 3.81. The normalized spacial score (nSPS) is 37.4. The number of hydrogen-bond donors (Lipinski definition) is 0. The first-order valence-electron chi connectivity index (χ1n) is 10.00. The molecule has 4 aliphatic carbocycles. The lowest BCUT2D eigenvalue weighted by atomic mass is 9.49. The van der Waals surface area contributed by atoms with E-state index in [1.165, 1.54) is 19.3 Å². The third-order valence-corrected chi connectivity index (χ3v) is 8.29. The first-order valence-corrected chi connectivity index (χ1v) is 10.9. The zero-order valence-electron chi connectivity index (χ0n) is 14.8. The van der Waals surface area contributed by atoms with Crippen molar-refractivity contribution in [3.8, 4) is 0 Å². The number of carbonyl (C=O) groups excluding carboxylic acids is 2. The van der Waals surface area contributed by atoms with E-state index < -0.39 is 0 Å². The fraction of sp³-hybridized carbons (Fsp3) is 0.714. The zero-order valence-corrected chi connectivity index (χ0v) is 15.6. The molecule has 3 nitrogen and oxygen atoms in total. The Balaban J connectivity index is 1.25. The SMILES string of the molecule is O=C(c1cccs1)C1CCN(C(=O)C23CC4CC(CC(C4)C2)C3)CC1. The van der Waals surface area contributed by atoms with Gasteiger partial charge in [-0.3, -0.25) is 9.59 Å². The van der Waals surface area contributed by atoms with Gasteiger partial charge < -0.3 is 4.90 Å². The van der Waals surface area contributed by atoms with Crippen LogP contribution in [0.4, 0.5) is 0 Å². The van der Waals surface area contributed by atoms with Gasteiger partial charge in [0.2, 0.25) is 5.91 Å². The van der Waals surface area contributed by atoms with Gasteiger partial charge in [0.05, 0.1) is 10.3 Å². The molecule has 5 fully saturated rings. The highest BCUT2D eigenvalue weighted by Gasteiger charge is 2.55. The quantitative estimate of drug-likeness (QED) is 0.753. The Morgan fingerprint density at radius 1 is 1.00 bits per heavy atom. The number of amides is 1. The minimum Gasteiger partial charge on any atom is -0.342 e. The monoisotopic (exact) mass is 357 g/mol. The fourth-order valence-electron chi connectivity index (χ4n) is 6.67. The lowest BCUT2D eigenvalue weighted by Gasteiger charge is -2.57. The van der Waals surface area contributed by atoms with Gasteiger partial charge in [0, 0.05) is 19.0 Å². The van der Waals surface area contributed by atoms with E-state index in [-0.39, 0.29) is 17.1 Å². The Labute approximate surface area is 153 Å². The smallest absolute Gasteiger partial charge is 0.228 e. The van der Waals surface area contributed by atoms with Crippen LogP contribution in [0.5, 0.6) is 0 Å². The van der Waals surface area contributed by atoms with Crippen molar-refractivity contribution in [1.29, 1.82) is 0 Å². The molecule has 5 aliphatic rings. The highest BCUT2D eigenvalue weighted by Crippen LogP contribution is 2.60. The third kappa shape index (κ3) is 2.68. The van der Waals surface area contributed by atoms with Crippen LogP contribution in [0.1, 0.15) is 61.0 Å². The summed E-state index contributed by atoms with van der Waals surface area (Å²) in [5.74, 6) is 3.28. The summed E-state index contributed by atoms with van der Waals surface area (Å²) in [6.07, 6.45) is 9.26. The number of hydrogen-bond acceptors (Lipinski definition) is 3. The van der Waals surface area contributed by atoms with E-state index in [0.717, 1.165) is 67.8 Å². The Hall–Kier alpha value is -1.16. The lowest BCUT2D eigenvalue weighted by molar-refractivity contribution is -0.158. The van der Waals surface area contributed by atoms with Crippen LogP contribution in [0.3, 0.4) is 0 Å². The van der Waals surface area contributed by atoms with Crippen LogP contribution in [0.25, 0.3) is 0 Å². The van der Waals surface area contributed by atoms with Gasteiger partial charge in [-0.2, -0.15) is 0 Å². The maximum Gasteiger partial charge on any atom is 0.228 e. The van der Waals surface area contributed by atoms with Crippen molar-refractivity contribution in [1.82, 2.24) is 4.90 Å². The van der Waals surface area contributed by atoms with Gasteiger partial charge in [-0.15, -0.1) is 11.3 Å². The molecule has 0 radical (unpaired) electrons. The van der Waals surface area contributed by atoms with Gasteiger partial charge in [-0.1, -0.05) is 6.07 Å². The number of thiophene rings is 1. The summed E-state index contributed by atoms with van der Waals surface area (Å²) in [5.41, 5.74) is -0.0284. The molecular weight excluding hydrogens is 330 g/mol. The second-order valence-electron chi connectivity index (χ2n) is 9.11. The van der Waals surface area contributed by atoms with Crippen molar-refractivity contribution < 1.29 is 9.59 Å². The average molecular weight is 358 g/mol. The molecule has 1 aromatic rings. The maximum absolute atomic E-state index is 13.4. The van der Waals surface area contributed by atoms with Gasteiger partial charge in [0.15, 0.2) is 5.78 Å². The fourth-order valence-corrected chi connectivity index (χ4v) is 7.42. The Morgan fingerprint density at radius 2 is 1.60 bits per heavy atom. The van der Waals surface area contributed by atoms with Crippen LogP contribution in [-0.2, 0) is 4.79 Å². The van der Waals surface area contributed by atoms with Crippen molar-refractivity contribution in [2.24, 2.45) is 29.1 Å². The second-order valence-corrected chi connectivity index (χ2v) is 10.1. The molecule has 4 heteroatoms. The highest BCUT2D eigenvalue weighted by atomic mass is 32.1. The highest BCUT2D eigenvalue weighted by molar-refractivity contribution is 7.12. The van der Waals surface area contributed by atoms with Crippen molar-refractivity contribution >= 4 is 23.0 Å². The Bertz CT molecular complexity index is 637. The number of carbonyl (C=O) groups is 2. The first-order chi connectivity index (χ1) is 12.1. The van der Waals surface area contributed by atoms with Gasteiger partial charge in [0.25, 0.3) is 0 Å². The first kappa shape index (κ1) is 16.0. The summed E-state index contributed by atoms with van der Waals surface area (Å²) in [7, 11) is 0. The average Bonchev–Trinajstić information content (AvgIpc) is 3.14. The molecule has 4 saturated carbocycles. The number of rotatable bonds is 3. The number of piperidine rings is 1. The molecular formula is C21H27NO2S. The number of likely N-dealkylation sites (tertiary alicyclic amines) is 1. The van der Waals surface area contributed by atoms with E-state index in [2.05, 4.69) is 4.90 Å². The second kappa shape index (κ2) is 5.94. The Morgan fingerprint density at radius 3 is 2.12 bits per heavy atom. The summed E-state index contributed by atoms with van der Waals surface area (Å²) in [6.45, 7) is 1.56. The topological polar surface area (TPSA) is 37.4 Å². The minimum absolute atomic E-state index is 0.0284. The van der Waals surface area contributed by atoms with E-state index in [9.17, 15) is 9.59 Å². The maximum atomic E-state index is 13.4. The summed E-state index contributed by atoms with van der Waals surface area (Å²) >= 11 is 1.54. The molecule has 134 valence electrons. The predicted octanol–water partition coefficient (Wildman–Crippen LogP) is 4.39. The number of ketones is 1. The largest absolute Gasteiger partial charge is 0.342 e. The summed E-state index contributed by atoms with van der Waals surface area (Å²) in [5, 5.41) is 1.97. The van der Waals surface area contributed by atoms with Crippen LogP contribution in [0.2, 0.25) is 0 Å². The van der Waals surface area contributed by atoms with Gasteiger partial charge in [0.1, 0.15) is 0 Å².